The SMILES string of the molecule is CCN(CC)S(=O)(=O)c1ccc(C(=O)Nc2nnc(-c3ccc4c(c3)OCO4)o2)cc1. The Balaban J connectivity index is 1.47. The number of nitrogens with zero attached hydrogens (tertiary/aromatic N) is 3. The molecule has 10 nitrogen and oxygen atoms in total. The number of benzene rings is 2. The zero-order valence-electron chi connectivity index (χ0n) is 16.9. The molecule has 1 amide bonds. The van der Waals surface area contributed by atoms with Crippen LogP contribution in [0.3, 0.4) is 0 Å². The number of hydrogen-bond acceptors (Lipinski definition) is 8. The molecule has 0 fully saturated rings. The van der Waals surface area contributed by atoms with Crippen LogP contribution in [0.25, 0.3) is 11.5 Å². The van der Waals surface area contributed by atoms with Crippen molar-refractivity contribution < 1.29 is 27.1 Å². The largest absolute Gasteiger partial charge is 0.454 e. The summed E-state index contributed by atoms with van der Waals surface area (Å²) in [7, 11) is -3.59. The first-order chi connectivity index (χ1) is 14.9. The van der Waals surface area contributed by atoms with E-state index in [1.807, 2.05) is 0 Å². The van der Waals surface area contributed by atoms with Crippen LogP contribution in [0.4, 0.5) is 6.01 Å². The van der Waals surface area contributed by atoms with Crippen LogP contribution in [0.1, 0.15) is 24.2 Å². The minimum atomic E-state index is -3.59. The zero-order chi connectivity index (χ0) is 22.0. The van der Waals surface area contributed by atoms with E-state index in [1.54, 1.807) is 32.0 Å². The molecule has 0 unspecified atom stereocenters. The number of ether oxygens (including phenoxy) is 2. The highest BCUT2D eigenvalue weighted by Crippen LogP contribution is 2.35. The monoisotopic (exact) mass is 444 g/mol. The Labute approximate surface area is 178 Å². The lowest BCUT2D eigenvalue weighted by Crippen LogP contribution is -2.30. The standard InChI is InChI=1S/C20H20N4O6S/c1-3-24(4-2)31(26,27)15-8-5-13(6-9-15)18(25)21-20-23-22-19(30-20)14-7-10-16-17(11-14)29-12-28-16/h5-11H,3-4,12H2,1-2H3,(H,21,23,25). The average Bonchev–Trinajstić information content (AvgIpc) is 3.43. The molecule has 162 valence electrons. The number of amides is 1. The maximum absolute atomic E-state index is 12.6. The molecule has 0 saturated heterocycles. The van der Waals surface area contributed by atoms with Gasteiger partial charge in [-0.25, -0.2) is 8.42 Å². The first-order valence-electron chi connectivity index (χ1n) is 9.57. The molecule has 0 saturated carbocycles. The molecule has 0 aliphatic carbocycles. The van der Waals surface area contributed by atoms with Crippen molar-refractivity contribution in [2.75, 3.05) is 25.2 Å². The van der Waals surface area contributed by atoms with Crippen LogP contribution >= 0.6 is 0 Å². The van der Waals surface area contributed by atoms with Gasteiger partial charge in [-0.2, -0.15) is 4.31 Å². The molecule has 1 N–H and O–H groups in total. The van der Waals surface area contributed by atoms with Gasteiger partial charge in [0, 0.05) is 24.2 Å². The summed E-state index contributed by atoms with van der Waals surface area (Å²) in [4.78, 5) is 12.6. The van der Waals surface area contributed by atoms with Crippen LogP contribution in [0, 0.1) is 0 Å². The molecule has 2 heterocycles. The lowest BCUT2D eigenvalue weighted by atomic mass is 10.2. The van der Waals surface area contributed by atoms with E-state index in [1.165, 1.54) is 28.6 Å². The van der Waals surface area contributed by atoms with E-state index in [0.29, 0.717) is 30.2 Å². The summed E-state index contributed by atoms with van der Waals surface area (Å²) < 4.78 is 42.5. The quantitative estimate of drug-likeness (QED) is 0.590. The molecule has 0 radical (unpaired) electrons. The Bertz CT molecular complexity index is 1200. The normalized spacial score (nSPS) is 12.9. The van der Waals surface area contributed by atoms with E-state index < -0.39 is 15.9 Å². The maximum Gasteiger partial charge on any atom is 0.322 e. The van der Waals surface area contributed by atoms with Crippen molar-refractivity contribution in [3.8, 4) is 23.0 Å². The minimum absolute atomic E-state index is 0.0856. The minimum Gasteiger partial charge on any atom is -0.454 e. The molecule has 1 aromatic heterocycles. The van der Waals surface area contributed by atoms with E-state index in [9.17, 15) is 13.2 Å². The third-order valence-electron chi connectivity index (χ3n) is 4.72. The molecular formula is C20H20N4O6S. The van der Waals surface area contributed by atoms with Crippen LogP contribution in [0.5, 0.6) is 11.5 Å². The second-order valence-corrected chi connectivity index (χ2v) is 8.49. The lowest BCUT2D eigenvalue weighted by Gasteiger charge is -2.18. The summed E-state index contributed by atoms with van der Waals surface area (Å²) in [5.74, 6) is 0.895. The number of aromatic nitrogens is 2. The van der Waals surface area contributed by atoms with Gasteiger partial charge in [0.1, 0.15) is 0 Å². The predicted molar refractivity (Wildman–Crippen MR) is 110 cm³/mol. The summed E-state index contributed by atoms with van der Waals surface area (Å²) in [6, 6.07) is 10.7. The van der Waals surface area contributed by atoms with E-state index >= 15 is 0 Å². The molecule has 31 heavy (non-hydrogen) atoms. The maximum atomic E-state index is 12.6. The van der Waals surface area contributed by atoms with Crippen LogP contribution < -0.4 is 14.8 Å². The van der Waals surface area contributed by atoms with Crippen LogP contribution in [-0.4, -0.2) is 48.7 Å². The van der Waals surface area contributed by atoms with Crippen LogP contribution in [-0.2, 0) is 10.0 Å². The molecule has 3 aromatic rings. The number of rotatable bonds is 7. The molecule has 4 rings (SSSR count). The molecule has 11 heteroatoms. The number of hydrogen-bond donors (Lipinski definition) is 1. The summed E-state index contributed by atoms with van der Waals surface area (Å²) in [6.45, 7) is 4.42. The highest BCUT2D eigenvalue weighted by atomic mass is 32.2. The summed E-state index contributed by atoms with van der Waals surface area (Å²) >= 11 is 0. The Hall–Kier alpha value is -3.44. The van der Waals surface area contributed by atoms with Gasteiger partial charge >= 0.3 is 6.01 Å². The van der Waals surface area contributed by atoms with Gasteiger partial charge < -0.3 is 13.9 Å². The topological polar surface area (TPSA) is 124 Å². The Kier molecular flexibility index (Phi) is 5.61. The first-order valence-corrected chi connectivity index (χ1v) is 11.0. The second kappa shape index (κ2) is 8.36. The number of carbonyl (C=O) groups is 1. The number of nitrogens with one attached hydrogen (secondary N) is 1. The molecule has 0 spiro atoms. The fourth-order valence-corrected chi connectivity index (χ4v) is 4.54. The van der Waals surface area contributed by atoms with E-state index in [4.69, 9.17) is 13.9 Å². The van der Waals surface area contributed by atoms with Gasteiger partial charge in [-0.3, -0.25) is 10.1 Å². The van der Waals surface area contributed by atoms with E-state index in [0.717, 1.165) is 0 Å². The molecular weight excluding hydrogens is 424 g/mol. The van der Waals surface area contributed by atoms with Gasteiger partial charge in [-0.1, -0.05) is 18.9 Å². The van der Waals surface area contributed by atoms with Crippen LogP contribution in [0.15, 0.2) is 51.8 Å². The molecule has 0 atom stereocenters. The van der Waals surface area contributed by atoms with Gasteiger partial charge in [0.2, 0.25) is 22.7 Å². The average molecular weight is 444 g/mol. The van der Waals surface area contributed by atoms with Crippen molar-refractivity contribution in [2.45, 2.75) is 18.7 Å². The van der Waals surface area contributed by atoms with Gasteiger partial charge in [0.25, 0.3) is 5.91 Å². The number of fused-ring (bicyclic) bond motifs is 1. The molecule has 2 aromatic carbocycles. The van der Waals surface area contributed by atoms with Crippen LogP contribution in [0.2, 0.25) is 0 Å². The Morgan fingerprint density at radius 1 is 1.03 bits per heavy atom. The summed E-state index contributed by atoms with van der Waals surface area (Å²) in [5.41, 5.74) is 0.865. The summed E-state index contributed by atoms with van der Waals surface area (Å²) in [5, 5.41) is 10.3. The van der Waals surface area contributed by atoms with Gasteiger partial charge in [-0.15, -0.1) is 5.10 Å². The Morgan fingerprint density at radius 2 is 1.74 bits per heavy atom. The van der Waals surface area contributed by atoms with E-state index in [-0.39, 0.29) is 29.2 Å². The fraction of sp³-hybridized carbons (Fsp3) is 0.250. The van der Waals surface area contributed by atoms with Crippen molar-refractivity contribution in [1.82, 2.24) is 14.5 Å². The fourth-order valence-electron chi connectivity index (χ4n) is 3.08. The summed E-state index contributed by atoms with van der Waals surface area (Å²) in [6.07, 6.45) is 0. The van der Waals surface area contributed by atoms with E-state index in [2.05, 4.69) is 15.5 Å². The van der Waals surface area contributed by atoms with Crippen molar-refractivity contribution in [3.05, 3.63) is 48.0 Å². The predicted octanol–water partition coefficient (Wildman–Crippen LogP) is 2.75. The van der Waals surface area contributed by atoms with Crippen molar-refractivity contribution in [2.24, 2.45) is 0 Å². The zero-order valence-corrected chi connectivity index (χ0v) is 17.7. The number of sulfonamides is 1. The molecule has 0 bridgehead atoms. The number of carbonyl (C=O) groups excluding carboxylic acids is 1. The molecule has 1 aliphatic rings. The van der Waals surface area contributed by atoms with Gasteiger partial charge in [0.15, 0.2) is 11.5 Å². The Morgan fingerprint density at radius 3 is 2.45 bits per heavy atom. The smallest absolute Gasteiger partial charge is 0.322 e. The second-order valence-electron chi connectivity index (χ2n) is 6.55. The first kappa shape index (κ1) is 20.8. The third-order valence-corrected chi connectivity index (χ3v) is 6.79. The molecule has 1 aliphatic heterocycles. The highest BCUT2D eigenvalue weighted by Gasteiger charge is 2.22. The highest BCUT2D eigenvalue weighted by molar-refractivity contribution is 7.89. The van der Waals surface area contributed by atoms with Crippen molar-refractivity contribution in [1.29, 1.82) is 0 Å². The van der Waals surface area contributed by atoms with Crippen molar-refractivity contribution in [3.63, 3.8) is 0 Å². The third kappa shape index (κ3) is 4.09. The van der Waals surface area contributed by atoms with Gasteiger partial charge in [-0.05, 0) is 42.5 Å². The lowest BCUT2D eigenvalue weighted by molar-refractivity contribution is 0.102. The van der Waals surface area contributed by atoms with Gasteiger partial charge in [0.05, 0.1) is 4.90 Å². The van der Waals surface area contributed by atoms with Crippen molar-refractivity contribution >= 4 is 21.9 Å². The number of anilines is 1.